The maximum Gasteiger partial charge on any atom is 0.234 e. The van der Waals surface area contributed by atoms with E-state index in [-0.39, 0.29) is 11.3 Å². The Morgan fingerprint density at radius 2 is 2.05 bits per heavy atom. The van der Waals surface area contributed by atoms with Crippen molar-refractivity contribution in [2.75, 3.05) is 39.9 Å². The highest BCUT2D eigenvalue weighted by molar-refractivity contribution is 5.78. The molecule has 5 heteroatoms. The van der Waals surface area contributed by atoms with E-state index in [1.807, 2.05) is 0 Å². The molecule has 0 bridgehead atoms. The van der Waals surface area contributed by atoms with Gasteiger partial charge in [0.2, 0.25) is 5.91 Å². The predicted molar refractivity (Wildman–Crippen MR) is 76.9 cm³/mol. The third-order valence-corrected chi connectivity index (χ3v) is 3.75. The van der Waals surface area contributed by atoms with Crippen molar-refractivity contribution >= 4 is 5.91 Å². The highest BCUT2D eigenvalue weighted by Gasteiger charge is 2.21. The second kappa shape index (κ2) is 7.82. The Labute approximate surface area is 116 Å². The van der Waals surface area contributed by atoms with Crippen LogP contribution in [0.25, 0.3) is 0 Å². The second-order valence-corrected chi connectivity index (χ2v) is 6.30. The van der Waals surface area contributed by atoms with E-state index in [1.165, 1.54) is 0 Å². The number of ether oxygens (including phenoxy) is 1. The topological polar surface area (TPSA) is 67.6 Å². The maximum atomic E-state index is 11.9. The van der Waals surface area contributed by atoms with Crippen LogP contribution in [0.3, 0.4) is 0 Å². The minimum atomic E-state index is 0.0793. The van der Waals surface area contributed by atoms with Crippen molar-refractivity contribution in [1.29, 1.82) is 0 Å². The van der Waals surface area contributed by atoms with Crippen LogP contribution >= 0.6 is 0 Å². The quantitative estimate of drug-likeness (QED) is 0.711. The van der Waals surface area contributed by atoms with E-state index >= 15 is 0 Å². The molecule has 0 aliphatic carbocycles. The van der Waals surface area contributed by atoms with Gasteiger partial charge < -0.3 is 15.8 Å². The summed E-state index contributed by atoms with van der Waals surface area (Å²) in [6.07, 6.45) is 2.93. The predicted octanol–water partition coefficient (Wildman–Crippen LogP) is 0.588. The lowest BCUT2D eigenvalue weighted by Gasteiger charge is -2.30. The van der Waals surface area contributed by atoms with Gasteiger partial charge in [-0.2, -0.15) is 0 Å². The number of hydrogen-bond donors (Lipinski definition) is 2. The van der Waals surface area contributed by atoms with Gasteiger partial charge in [-0.25, -0.2) is 0 Å². The molecule has 1 amide bonds. The van der Waals surface area contributed by atoms with E-state index in [9.17, 15) is 4.79 Å². The zero-order valence-electron chi connectivity index (χ0n) is 12.6. The first-order valence-electron chi connectivity index (χ1n) is 7.16. The number of carbonyl (C=O) groups excluding carboxylic acids is 1. The van der Waals surface area contributed by atoms with E-state index in [1.54, 1.807) is 7.11 Å². The average molecular weight is 271 g/mol. The Morgan fingerprint density at radius 3 is 2.63 bits per heavy atom. The first kappa shape index (κ1) is 16.4. The highest BCUT2D eigenvalue weighted by atomic mass is 16.5. The standard InChI is InChI=1S/C14H29N3O2/c1-14(2,6-9-19-3)11-16-13(18)10-17-7-4-12(15)5-8-17/h12H,4-11,15H2,1-3H3,(H,16,18). The smallest absolute Gasteiger partial charge is 0.234 e. The van der Waals surface area contributed by atoms with Crippen LogP contribution < -0.4 is 11.1 Å². The van der Waals surface area contributed by atoms with Gasteiger partial charge in [0, 0.05) is 39.4 Å². The Bertz CT molecular complexity index is 274. The molecule has 112 valence electrons. The number of nitrogens with two attached hydrogens (primary N) is 1. The molecule has 1 fully saturated rings. The summed E-state index contributed by atoms with van der Waals surface area (Å²) in [6, 6.07) is 0.312. The van der Waals surface area contributed by atoms with E-state index in [0.717, 1.165) is 39.0 Å². The molecule has 0 aromatic carbocycles. The van der Waals surface area contributed by atoms with E-state index in [2.05, 4.69) is 24.1 Å². The van der Waals surface area contributed by atoms with Crippen LogP contribution in [0.15, 0.2) is 0 Å². The van der Waals surface area contributed by atoms with Gasteiger partial charge >= 0.3 is 0 Å². The molecular weight excluding hydrogens is 242 g/mol. The summed E-state index contributed by atoms with van der Waals surface area (Å²) < 4.78 is 5.08. The van der Waals surface area contributed by atoms with Crippen LogP contribution in [-0.4, -0.2) is 56.7 Å². The minimum absolute atomic E-state index is 0.0793. The number of nitrogens with zero attached hydrogens (tertiary/aromatic N) is 1. The largest absolute Gasteiger partial charge is 0.385 e. The summed E-state index contributed by atoms with van der Waals surface area (Å²) in [7, 11) is 1.70. The molecule has 0 atom stereocenters. The van der Waals surface area contributed by atoms with Crippen molar-refractivity contribution in [3.05, 3.63) is 0 Å². The summed E-state index contributed by atoms with van der Waals surface area (Å²) in [4.78, 5) is 14.1. The van der Waals surface area contributed by atoms with Crippen LogP contribution in [0, 0.1) is 5.41 Å². The number of amides is 1. The van der Waals surface area contributed by atoms with Crippen LogP contribution in [0.4, 0.5) is 0 Å². The molecule has 1 saturated heterocycles. The fourth-order valence-corrected chi connectivity index (χ4v) is 2.17. The third-order valence-electron chi connectivity index (χ3n) is 3.75. The SMILES string of the molecule is COCCC(C)(C)CNC(=O)CN1CCC(N)CC1. The van der Waals surface area contributed by atoms with Crippen LogP contribution in [-0.2, 0) is 9.53 Å². The van der Waals surface area contributed by atoms with Crippen molar-refractivity contribution in [3.8, 4) is 0 Å². The third kappa shape index (κ3) is 6.89. The van der Waals surface area contributed by atoms with E-state index < -0.39 is 0 Å². The Kier molecular flexibility index (Phi) is 6.75. The number of likely N-dealkylation sites (tertiary alicyclic amines) is 1. The summed E-state index contributed by atoms with van der Waals surface area (Å²) >= 11 is 0. The molecule has 1 rings (SSSR count). The van der Waals surface area contributed by atoms with Gasteiger partial charge in [0.15, 0.2) is 0 Å². The molecule has 1 heterocycles. The van der Waals surface area contributed by atoms with Crippen molar-refractivity contribution in [2.24, 2.45) is 11.1 Å². The van der Waals surface area contributed by atoms with Crippen molar-refractivity contribution in [3.63, 3.8) is 0 Å². The zero-order chi connectivity index (χ0) is 14.3. The van der Waals surface area contributed by atoms with Crippen LogP contribution in [0.1, 0.15) is 33.1 Å². The number of piperidine rings is 1. The summed E-state index contributed by atoms with van der Waals surface area (Å²) in [6.45, 7) is 8.07. The van der Waals surface area contributed by atoms with Crippen LogP contribution in [0.2, 0.25) is 0 Å². The molecule has 0 saturated carbocycles. The van der Waals surface area contributed by atoms with Gasteiger partial charge in [-0.15, -0.1) is 0 Å². The summed E-state index contributed by atoms with van der Waals surface area (Å²) in [5.41, 5.74) is 5.93. The molecule has 5 nitrogen and oxygen atoms in total. The Balaban J connectivity index is 2.20. The van der Waals surface area contributed by atoms with Gasteiger partial charge in [-0.1, -0.05) is 13.8 Å². The van der Waals surface area contributed by atoms with Crippen molar-refractivity contribution in [2.45, 2.75) is 39.2 Å². The van der Waals surface area contributed by atoms with Gasteiger partial charge in [0.1, 0.15) is 0 Å². The molecule has 1 aliphatic rings. The number of carbonyl (C=O) groups is 1. The number of hydrogen-bond acceptors (Lipinski definition) is 4. The van der Waals surface area contributed by atoms with Crippen LogP contribution in [0.5, 0.6) is 0 Å². The lowest BCUT2D eigenvalue weighted by Crippen LogP contribution is -2.46. The molecule has 0 aromatic rings. The highest BCUT2D eigenvalue weighted by Crippen LogP contribution is 2.18. The van der Waals surface area contributed by atoms with Crippen molar-refractivity contribution < 1.29 is 9.53 Å². The average Bonchev–Trinajstić information content (AvgIpc) is 2.37. The van der Waals surface area contributed by atoms with Crippen molar-refractivity contribution in [1.82, 2.24) is 10.2 Å². The molecule has 0 radical (unpaired) electrons. The molecule has 0 aromatic heterocycles. The molecule has 3 N–H and O–H groups in total. The summed E-state index contributed by atoms with van der Waals surface area (Å²) in [5, 5.41) is 3.02. The van der Waals surface area contributed by atoms with Gasteiger partial charge in [0.25, 0.3) is 0 Å². The first-order valence-corrected chi connectivity index (χ1v) is 7.16. The lowest BCUT2D eigenvalue weighted by atomic mass is 9.90. The number of nitrogens with one attached hydrogen (secondary N) is 1. The molecular formula is C14H29N3O2. The Hall–Kier alpha value is -0.650. The molecule has 19 heavy (non-hydrogen) atoms. The fraction of sp³-hybridized carbons (Fsp3) is 0.929. The maximum absolute atomic E-state index is 11.9. The second-order valence-electron chi connectivity index (χ2n) is 6.30. The fourth-order valence-electron chi connectivity index (χ4n) is 2.17. The first-order chi connectivity index (χ1) is 8.93. The Morgan fingerprint density at radius 1 is 1.42 bits per heavy atom. The normalized spacial score (nSPS) is 18.5. The van der Waals surface area contributed by atoms with E-state index in [0.29, 0.717) is 19.1 Å². The molecule has 0 spiro atoms. The lowest BCUT2D eigenvalue weighted by molar-refractivity contribution is -0.123. The number of rotatable bonds is 7. The van der Waals surface area contributed by atoms with Gasteiger partial charge in [-0.3, -0.25) is 9.69 Å². The monoisotopic (exact) mass is 271 g/mol. The minimum Gasteiger partial charge on any atom is -0.385 e. The number of methoxy groups -OCH3 is 1. The van der Waals surface area contributed by atoms with Gasteiger partial charge in [0.05, 0.1) is 6.54 Å². The zero-order valence-corrected chi connectivity index (χ0v) is 12.6. The molecule has 0 unspecified atom stereocenters. The molecule has 1 aliphatic heterocycles. The van der Waals surface area contributed by atoms with E-state index in [4.69, 9.17) is 10.5 Å². The summed E-state index contributed by atoms with van der Waals surface area (Å²) in [5.74, 6) is 0.112. The van der Waals surface area contributed by atoms with Gasteiger partial charge in [-0.05, 0) is 24.7 Å².